The molecule has 3 aromatic heterocycles. The molecular formula is C21H24ClFN6O3. The number of hydrogen-bond acceptors (Lipinski definition) is 7. The van der Waals surface area contributed by atoms with Crippen molar-refractivity contribution in [1.29, 1.82) is 0 Å². The zero-order valence-corrected chi connectivity index (χ0v) is 18.3. The van der Waals surface area contributed by atoms with Crippen molar-refractivity contribution in [2.24, 2.45) is 0 Å². The molecule has 1 amide bonds. The van der Waals surface area contributed by atoms with Gasteiger partial charge in [-0.25, -0.2) is 24.1 Å². The Balaban J connectivity index is 1.45. The Labute approximate surface area is 189 Å². The number of fused-ring (bicyclic) bond motifs is 1. The first-order chi connectivity index (χ1) is 15.5. The lowest BCUT2D eigenvalue weighted by molar-refractivity contribution is 0.0950. The summed E-state index contributed by atoms with van der Waals surface area (Å²) in [6, 6.07) is 1.64. The first-order valence-corrected chi connectivity index (χ1v) is 10.8. The van der Waals surface area contributed by atoms with E-state index < -0.39 is 11.9 Å². The second-order valence-corrected chi connectivity index (χ2v) is 8.06. The molecule has 1 saturated carbocycles. The average Bonchev–Trinajstić information content (AvgIpc) is 3.19. The van der Waals surface area contributed by atoms with Crippen LogP contribution in [0.25, 0.3) is 22.4 Å². The minimum Gasteiger partial charge on any atom is -0.447 e. The number of nitrogens with one attached hydrogen (secondary N) is 3. The standard InChI is InChI=1S/C21H24ClFN6O3/c1-31-5-6-32-21(30)28-14-4-2-3-13(8-14)27-20-17(23)11-26-19(29-20)16-10-25-18-15(16)7-12(22)9-24-18/h7,9-11,13-14H,2-6,8H2,1H3,(H,24,25)(H,28,30)(H,26,27,29)/t13-,14+/m0/s1. The largest absolute Gasteiger partial charge is 0.447 e. The van der Waals surface area contributed by atoms with Gasteiger partial charge in [0.05, 0.1) is 17.8 Å². The maximum Gasteiger partial charge on any atom is 0.407 e. The van der Waals surface area contributed by atoms with Gasteiger partial charge < -0.3 is 25.1 Å². The summed E-state index contributed by atoms with van der Waals surface area (Å²) in [5, 5.41) is 7.28. The van der Waals surface area contributed by atoms with Gasteiger partial charge in [0.25, 0.3) is 0 Å². The number of aromatic nitrogens is 4. The number of methoxy groups -OCH3 is 1. The first kappa shape index (κ1) is 22.2. The van der Waals surface area contributed by atoms with Gasteiger partial charge in [0.15, 0.2) is 17.5 Å². The Hall–Kier alpha value is -2.98. The summed E-state index contributed by atoms with van der Waals surface area (Å²) in [6.07, 6.45) is 7.12. The van der Waals surface area contributed by atoms with Crippen molar-refractivity contribution in [3.05, 3.63) is 35.5 Å². The Bertz CT molecular complexity index is 1090. The summed E-state index contributed by atoms with van der Waals surface area (Å²) < 4.78 is 24.4. The average molecular weight is 463 g/mol. The van der Waals surface area contributed by atoms with Crippen LogP contribution in [0.2, 0.25) is 5.02 Å². The number of H-pyrrole nitrogens is 1. The van der Waals surface area contributed by atoms with Crippen LogP contribution >= 0.6 is 11.6 Å². The van der Waals surface area contributed by atoms with Crippen LogP contribution in [0.5, 0.6) is 0 Å². The van der Waals surface area contributed by atoms with Crippen LogP contribution in [0.15, 0.2) is 24.7 Å². The van der Waals surface area contributed by atoms with E-state index in [4.69, 9.17) is 21.1 Å². The molecule has 1 aliphatic carbocycles. The molecule has 32 heavy (non-hydrogen) atoms. The predicted octanol–water partition coefficient (Wildman–Crippen LogP) is 3.91. The van der Waals surface area contributed by atoms with E-state index in [1.165, 1.54) is 0 Å². The van der Waals surface area contributed by atoms with Crippen molar-refractivity contribution in [3.8, 4) is 11.4 Å². The number of rotatable bonds is 7. The van der Waals surface area contributed by atoms with Gasteiger partial charge in [-0.05, 0) is 31.7 Å². The summed E-state index contributed by atoms with van der Waals surface area (Å²) in [4.78, 5) is 27.7. The SMILES string of the molecule is COCCOC(=O)N[C@@H]1CCC[C@H](Nc2nc(-c3c[nH]c4ncc(Cl)cc34)ncc2F)C1. The van der Waals surface area contributed by atoms with Crippen LogP contribution in [0.3, 0.4) is 0 Å². The van der Waals surface area contributed by atoms with Gasteiger partial charge in [-0.3, -0.25) is 0 Å². The van der Waals surface area contributed by atoms with Crippen LogP contribution in [0, 0.1) is 5.82 Å². The number of aromatic amines is 1. The number of pyridine rings is 1. The Morgan fingerprint density at radius 2 is 2.12 bits per heavy atom. The molecule has 0 unspecified atom stereocenters. The maximum absolute atomic E-state index is 14.5. The number of halogens is 2. The van der Waals surface area contributed by atoms with E-state index in [9.17, 15) is 9.18 Å². The van der Waals surface area contributed by atoms with Crippen molar-refractivity contribution in [2.45, 2.75) is 37.8 Å². The molecular weight excluding hydrogens is 439 g/mol. The van der Waals surface area contributed by atoms with Crippen LogP contribution in [0.1, 0.15) is 25.7 Å². The normalized spacial score (nSPS) is 18.5. The summed E-state index contributed by atoms with van der Waals surface area (Å²) in [5.41, 5.74) is 1.32. The van der Waals surface area contributed by atoms with Crippen molar-refractivity contribution < 1.29 is 18.7 Å². The monoisotopic (exact) mass is 462 g/mol. The summed E-state index contributed by atoms with van der Waals surface area (Å²) in [5.74, 6) is -0.0668. The highest BCUT2D eigenvalue weighted by Gasteiger charge is 2.25. The van der Waals surface area contributed by atoms with Crippen LogP contribution < -0.4 is 10.6 Å². The maximum atomic E-state index is 14.5. The van der Waals surface area contributed by atoms with E-state index in [2.05, 4.69) is 30.6 Å². The van der Waals surface area contributed by atoms with Gasteiger partial charge in [0, 0.05) is 42.5 Å². The molecule has 2 atom stereocenters. The molecule has 0 bridgehead atoms. The van der Waals surface area contributed by atoms with Gasteiger partial charge in [0.2, 0.25) is 0 Å². The fraction of sp³-hybridized carbons (Fsp3) is 0.429. The Morgan fingerprint density at radius 3 is 2.97 bits per heavy atom. The van der Waals surface area contributed by atoms with Crippen molar-refractivity contribution in [1.82, 2.24) is 25.3 Å². The molecule has 9 nitrogen and oxygen atoms in total. The number of carbonyl (C=O) groups excluding carboxylic acids is 1. The number of alkyl carbamates (subject to hydrolysis) is 1. The molecule has 0 aliphatic heterocycles. The summed E-state index contributed by atoms with van der Waals surface area (Å²) >= 11 is 6.07. The number of carbonyl (C=O) groups is 1. The lowest BCUT2D eigenvalue weighted by Crippen LogP contribution is -2.42. The number of nitrogens with zero attached hydrogens (tertiary/aromatic N) is 3. The second kappa shape index (κ2) is 10.1. The number of ether oxygens (including phenoxy) is 2. The molecule has 0 saturated heterocycles. The smallest absolute Gasteiger partial charge is 0.407 e. The minimum absolute atomic E-state index is 0.0515. The van der Waals surface area contributed by atoms with E-state index in [0.717, 1.165) is 30.8 Å². The van der Waals surface area contributed by atoms with Gasteiger partial charge in [-0.1, -0.05) is 11.6 Å². The lowest BCUT2D eigenvalue weighted by atomic mass is 9.91. The van der Waals surface area contributed by atoms with E-state index in [0.29, 0.717) is 35.1 Å². The van der Waals surface area contributed by atoms with E-state index >= 15 is 0 Å². The molecule has 170 valence electrons. The highest BCUT2D eigenvalue weighted by atomic mass is 35.5. The van der Waals surface area contributed by atoms with E-state index in [1.807, 2.05) is 0 Å². The van der Waals surface area contributed by atoms with Crippen LogP contribution in [-0.4, -0.2) is 58.4 Å². The lowest BCUT2D eigenvalue weighted by Gasteiger charge is -2.30. The molecule has 1 aliphatic rings. The summed E-state index contributed by atoms with van der Waals surface area (Å²) in [7, 11) is 1.54. The molecule has 0 radical (unpaired) electrons. The summed E-state index contributed by atoms with van der Waals surface area (Å²) in [6.45, 7) is 0.538. The molecule has 11 heteroatoms. The van der Waals surface area contributed by atoms with Gasteiger partial charge in [0.1, 0.15) is 12.3 Å². The third kappa shape index (κ3) is 5.25. The zero-order valence-electron chi connectivity index (χ0n) is 17.5. The fourth-order valence-electron chi connectivity index (χ4n) is 3.83. The Kier molecular flexibility index (Phi) is 7.01. The zero-order chi connectivity index (χ0) is 22.5. The van der Waals surface area contributed by atoms with Crippen molar-refractivity contribution in [3.63, 3.8) is 0 Å². The van der Waals surface area contributed by atoms with Gasteiger partial charge in [-0.2, -0.15) is 0 Å². The van der Waals surface area contributed by atoms with Crippen molar-refractivity contribution >= 4 is 34.5 Å². The quantitative estimate of drug-likeness (QED) is 0.456. The first-order valence-electron chi connectivity index (χ1n) is 10.4. The third-order valence-electron chi connectivity index (χ3n) is 5.34. The predicted molar refractivity (Wildman–Crippen MR) is 118 cm³/mol. The minimum atomic E-state index is -0.543. The van der Waals surface area contributed by atoms with Crippen LogP contribution in [-0.2, 0) is 9.47 Å². The molecule has 0 spiro atoms. The fourth-order valence-corrected chi connectivity index (χ4v) is 3.99. The second-order valence-electron chi connectivity index (χ2n) is 7.62. The molecule has 3 aromatic rings. The van der Waals surface area contributed by atoms with Gasteiger partial charge >= 0.3 is 6.09 Å². The topological polar surface area (TPSA) is 114 Å². The van der Waals surface area contributed by atoms with Gasteiger partial charge in [-0.15, -0.1) is 0 Å². The molecule has 4 rings (SSSR count). The third-order valence-corrected chi connectivity index (χ3v) is 5.55. The number of hydrogen-bond donors (Lipinski definition) is 3. The van der Waals surface area contributed by atoms with Crippen LogP contribution in [0.4, 0.5) is 15.0 Å². The van der Waals surface area contributed by atoms with E-state index in [1.54, 1.807) is 25.6 Å². The molecule has 1 fully saturated rings. The number of anilines is 1. The van der Waals surface area contributed by atoms with E-state index in [-0.39, 0.29) is 24.5 Å². The highest BCUT2D eigenvalue weighted by molar-refractivity contribution is 6.31. The van der Waals surface area contributed by atoms with Crippen molar-refractivity contribution in [2.75, 3.05) is 25.6 Å². The molecule has 3 N–H and O–H groups in total. The molecule has 0 aromatic carbocycles. The number of amides is 1. The molecule has 3 heterocycles. The Morgan fingerprint density at radius 1 is 1.28 bits per heavy atom. The highest BCUT2D eigenvalue weighted by Crippen LogP contribution is 2.29.